The molecule has 3 aromatic carbocycles. The summed E-state index contributed by atoms with van der Waals surface area (Å²) in [6.07, 6.45) is 3.17. The molecule has 0 unspecified atom stereocenters. The molecule has 0 aliphatic rings. The predicted molar refractivity (Wildman–Crippen MR) is 111 cm³/mol. The molecule has 0 aromatic heterocycles. The van der Waals surface area contributed by atoms with Crippen molar-refractivity contribution in [2.75, 3.05) is 6.61 Å². The zero-order valence-electron chi connectivity index (χ0n) is 16.8. The predicted octanol–water partition coefficient (Wildman–Crippen LogP) is 7.04. The lowest BCUT2D eigenvalue weighted by molar-refractivity contribution is 0.289. The Morgan fingerprint density at radius 3 is 2.17 bits per heavy atom. The number of ether oxygens (including phenoxy) is 1. The van der Waals surface area contributed by atoms with E-state index in [2.05, 4.69) is 0 Å². The van der Waals surface area contributed by atoms with Crippen LogP contribution in [-0.2, 0) is 12.8 Å². The number of halogens is 3. The summed E-state index contributed by atoms with van der Waals surface area (Å²) < 4.78 is 47.8. The molecule has 0 amide bonds. The Balaban J connectivity index is 1.69. The van der Waals surface area contributed by atoms with E-state index >= 15 is 0 Å². The van der Waals surface area contributed by atoms with Gasteiger partial charge in [-0.1, -0.05) is 49.7 Å². The van der Waals surface area contributed by atoms with Crippen LogP contribution in [0.3, 0.4) is 0 Å². The van der Waals surface area contributed by atoms with Crippen molar-refractivity contribution in [3.05, 3.63) is 88.7 Å². The van der Waals surface area contributed by atoms with Gasteiger partial charge in [-0.15, -0.1) is 0 Å². The van der Waals surface area contributed by atoms with Gasteiger partial charge in [0.1, 0.15) is 5.82 Å². The van der Waals surface area contributed by atoms with Gasteiger partial charge in [-0.3, -0.25) is 0 Å². The second kappa shape index (κ2) is 9.64. The molecule has 0 aliphatic carbocycles. The maximum Gasteiger partial charge on any atom is 0.201 e. The lowest BCUT2D eigenvalue weighted by Gasteiger charge is -2.11. The number of unbranched alkanes of at least 4 members (excludes halogenated alkanes) is 1. The van der Waals surface area contributed by atoms with Crippen LogP contribution in [0.4, 0.5) is 13.2 Å². The summed E-state index contributed by atoms with van der Waals surface area (Å²) >= 11 is 0. The van der Waals surface area contributed by atoms with E-state index in [4.69, 9.17) is 4.74 Å². The second-order valence-corrected chi connectivity index (χ2v) is 7.22. The maximum atomic E-state index is 14.5. The van der Waals surface area contributed by atoms with Gasteiger partial charge >= 0.3 is 0 Å². The van der Waals surface area contributed by atoms with Crippen molar-refractivity contribution in [1.82, 2.24) is 0 Å². The van der Waals surface area contributed by atoms with Gasteiger partial charge in [-0.25, -0.2) is 8.78 Å². The topological polar surface area (TPSA) is 9.23 Å². The molecule has 1 nitrogen and oxygen atoms in total. The highest BCUT2D eigenvalue weighted by Gasteiger charge is 2.15. The average molecular weight is 398 g/mol. The van der Waals surface area contributed by atoms with Crippen molar-refractivity contribution in [1.29, 1.82) is 0 Å². The monoisotopic (exact) mass is 398 g/mol. The standard InChI is InChI=1S/C25H25F3O/c1-3-4-15-29-23-14-13-21(24(27)25(23)28)20-11-9-18(10-12-20)7-8-19-6-5-17(2)22(26)16-19/h5-6,9-14,16H,3-4,7-8,15H2,1-2H3. The molecule has 0 bridgehead atoms. The molecule has 0 fully saturated rings. The van der Waals surface area contributed by atoms with Crippen molar-refractivity contribution in [2.24, 2.45) is 0 Å². The molecule has 0 spiro atoms. The van der Waals surface area contributed by atoms with Gasteiger partial charge < -0.3 is 4.74 Å². The molecule has 0 radical (unpaired) electrons. The molecule has 3 aromatic rings. The summed E-state index contributed by atoms with van der Waals surface area (Å²) in [6.45, 7) is 4.11. The van der Waals surface area contributed by atoms with Crippen molar-refractivity contribution < 1.29 is 17.9 Å². The van der Waals surface area contributed by atoms with Crippen LogP contribution in [-0.4, -0.2) is 6.61 Å². The third-order valence-corrected chi connectivity index (χ3v) is 5.01. The third-order valence-electron chi connectivity index (χ3n) is 5.01. The minimum absolute atomic E-state index is 0.0540. The summed E-state index contributed by atoms with van der Waals surface area (Å²) in [5.74, 6) is -2.11. The van der Waals surface area contributed by atoms with E-state index in [1.807, 2.05) is 25.1 Å². The van der Waals surface area contributed by atoms with Crippen LogP contribution in [0.2, 0.25) is 0 Å². The molecular weight excluding hydrogens is 373 g/mol. The highest BCUT2D eigenvalue weighted by Crippen LogP contribution is 2.30. The molecule has 0 N–H and O–H groups in total. The van der Waals surface area contributed by atoms with E-state index in [9.17, 15) is 13.2 Å². The van der Waals surface area contributed by atoms with E-state index in [1.54, 1.807) is 37.3 Å². The number of benzene rings is 3. The first kappa shape index (κ1) is 21.0. The SMILES string of the molecule is CCCCOc1ccc(-c2ccc(CCc3ccc(C)c(F)c3)cc2)c(F)c1F. The van der Waals surface area contributed by atoms with E-state index in [0.29, 0.717) is 24.2 Å². The zero-order chi connectivity index (χ0) is 20.8. The van der Waals surface area contributed by atoms with Crippen LogP contribution < -0.4 is 4.74 Å². The van der Waals surface area contributed by atoms with Crippen molar-refractivity contribution in [3.8, 4) is 16.9 Å². The molecule has 0 heterocycles. The minimum Gasteiger partial charge on any atom is -0.490 e. The Kier molecular flexibility index (Phi) is 6.97. The van der Waals surface area contributed by atoms with Gasteiger partial charge in [0, 0.05) is 5.56 Å². The normalized spacial score (nSPS) is 10.9. The number of hydrogen-bond donors (Lipinski definition) is 0. The highest BCUT2D eigenvalue weighted by molar-refractivity contribution is 5.65. The fourth-order valence-electron chi connectivity index (χ4n) is 3.12. The Morgan fingerprint density at radius 1 is 0.793 bits per heavy atom. The van der Waals surface area contributed by atoms with Crippen molar-refractivity contribution in [2.45, 2.75) is 39.5 Å². The smallest absolute Gasteiger partial charge is 0.201 e. The fourth-order valence-corrected chi connectivity index (χ4v) is 3.12. The first-order chi connectivity index (χ1) is 14.0. The van der Waals surface area contributed by atoms with Crippen LogP contribution in [0.25, 0.3) is 11.1 Å². The summed E-state index contributed by atoms with van der Waals surface area (Å²) in [5.41, 5.74) is 3.43. The summed E-state index contributed by atoms with van der Waals surface area (Å²) in [7, 11) is 0. The summed E-state index contributed by atoms with van der Waals surface area (Å²) in [4.78, 5) is 0. The van der Waals surface area contributed by atoms with Crippen molar-refractivity contribution >= 4 is 0 Å². The van der Waals surface area contributed by atoms with E-state index in [0.717, 1.165) is 30.4 Å². The average Bonchev–Trinajstić information content (AvgIpc) is 2.73. The Morgan fingerprint density at radius 2 is 1.48 bits per heavy atom. The molecule has 4 heteroatoms. The number of hydrogen-bond acceptors (Lipinski definition) is 1. The van der Waals surface area contributed by atoms with Gasteiger partial charge in [0.25, 0.3) is 0 Å². The van der Waals surface area contributed by atoms with Crippen LogP contribution in [0, 0.1) is 24.4 Å². The molecule has 3 rings (SSSR count). The zero-order valence-corrected chi connectivity index (χ0v) is 16.8. The largest absolute Gasteiger partial charge is 0.490 e. The minimum atomic E-state index is -0.955. The van der Waals surface area contributed by atoms with Crippen molar-refractivity contribution in [3.63, 3.8) is 0 Å². The van der Waals surface area contributed by atoms with E-state index in [-0.39, 0.29) is 17.1 Å². The lowest BCUT2D eigenvalue weighted by Crippen LogP contribution is -2.01. The molecule has 152 valence electrons. The van der Waals surface area contributed by atoms with Crippen LogP contribution in [0.5, 0.6) is 5.75 Å². The Bertz CT molecular complexity index is 965. The van der Waals surface area contributed by atoms with Gasteiger partial charge in [-0.2, -0.15) is 4.39 Å². The lowest BCUT2D eigenvalue weighted by atomic mass is 9.99. The quantitative estimate of drug-likeness (QED) is 0.370. The van der Waals surface area contributed by atoms with Gasteiger partial charge in [0.2, 0.25) is 5.82 Å². The van der Waals surface area contributed by atoms with Gasteiger partial charge in [0.15, 0.2) is 11.6 Å². The first-order valence-corrected chi connectivity index (χ1v) is 9.94. The second-order valence-electron chi connectivity index (χ2n) is 7.22. The molecular formula is C25H25F3O. The molecule has 29 heavy (non-hydrogen) atoms. The fraction of sp³-hybridized carbons (Fsp3) is 0.280. The van der Waals surface area contributed by atoms with Crippen LogP contribution in [0.15, 0.2) is 54.6 Å². The maximum absolute atomic E-state index is 14.5. The Hall–Kier alpha value is -2.75. The number of aryl methyl sites for hydroxylation is 3. The van der Waals surface area contributed by atoms with E-state index in [1.165, 1.54) is 6.07 Å². The molecule has 0 atom stereocenters. The van der Waals surface area contributed by atoms with Gasteiger partial charge in [-0.05, 0) is 66.6 Å². The third kappa shape index (κ3) is 5.20. The van der Waals surface area contributed by atoms with E-state index < -0.39 is 11.6 Å². The highest BCUT2D eigenvalue weighted by atomic mass is 19.2. The van der Waals surface area contributed by atoms with Crippen LogP contribution >= 0.6 is 0 Å². The summed E-state index contributed by atoms with van der Waals surface area (Å²) in [5, 5.41) is 0. The summed E-state index contributed by atoms with van der Waals surface area (Å²) in [6, 6.07) is 15.6. The molecule has 0 saturated heterocycles. The Labute approximate surface area is 170 Å². The number of rotatable bonds is 8. The molecule has 0 aliphatic heterocycles. The molecule has 0 saturated carbocycles. The first-order valence-electron chi connectivity index (χ1n) is 9.94. The van der Waals surface area contributed by atoms with Crippen LogP contribution in [0.1, 0.15) is 36.5 Å². The van der Waals surface area contributed by atoms with Gasteiger partial charge in [0.05, 0.1) is 6.61 Å².